The fraction of sp³-hybridized carbons (Fsp3) is 1.00. The maximum Gasteiger partial charge on any atom is 0.0192 e. The highest BCUT2D eigenvalue weighted by Crippen LogP contribution is 2.10. The third-order valence-corrected chi connectivity index (χ3v) is 3.34. The maximum absolute atomic E-state index is 3.58. The first-order chi connectivity index (χ1) is 7.20. The van der Waals surface area contributed by atoms with Gasteiger partial charge in [0.05, 0.1) is 0 Å². The summed E-state index contributed by atoms with van der Waals surface area (Å²) in [6.07, 6.45) is 5.48. The summed E-state index contributed by atoms with van der Waals surface area (Å²) >= 11 is 0. The Kier molecular flexibility index (Phi) is 6.26. The van der Waals surface area contributed by atoms with Gasteiger partial charge < -0.3 is 5.32 Å². The minimum Gasteiger partial charge on any atom is -0.315 e. The molecule has 0 bridgehead atoms. The average Bonchev–Trinajstić information content (AvgIpc) is 2.69. The predicted octanol–water partition coefficient (Wildman–Crippen LogP) is 2.50. The molecule has 1 saturated heterocycles. The van der Waals surface area contributed by atoms with Crippen molar-refractivity contribution in [3.05, 3.63) is 0 Å². The molecule has 1 unspecified atom stereocenters. The van der Waals surface area contributed by atoms with Crippen LogP contribution >= 0.6 is 0 Å². The molecule has 2 nitrogen and oxygen atoms in total. The second-order valence-corrected chi connectivity index (χ2v) is 5.33. The Hall–Kier alpha value is -0.0800. The topological polar surface area (TPSA) is 15.3 Å². The van der Waals surface area contributed by atoms with Gasteiger partial charge in [0.25, 0.3) is 0 Å². The third kappa shape index (κ3) is 5.53. The van der Waals surface area contributed by atoms with Crippen molar-refractivity contribution in [2.45, 2.75) is 52.5 Å². The maximum atomic E-state index is 3.58. The third-order valence-electron chi connectivity index (χ3n) is 3.34. The largest absolute Gasteiger partial charge is 0.315 e. The van der Waals surface area contributed by atoms with Crippen molar-refractivity contribution in [2.24, 2.45) is 5.92 Å². The zero-order valence-corrected chi connectivity index (χ0v) is 10.8. The van der Waals surface area contributed by atoms with Gasteiger partial charge in [-0.2, -0.15) is 0 Å². The summed E-state index contributed by atoms with van der Waals surface area (Å²) in [5, 5.41) is 3.58. The molecule has 0 aromatic heterocycles. The molecule has 0 spiro atoms. The SMILES string of the molecule is CC(C)CCCNCC(C)N1CCCC1. The Morgan fingerprint density at radius 2 is 1.80 bits per heavy atom. The van der Waals surface area contributed by atoms with E-state index in [1.54, 1.807) is 0 Å². The smallest absolute Gasteiger partial charge is 0.0192 e. The van der Waals surface area contributed by atoms with Crippen LogP contribution in [-0.4, -0.2) is 37.1 Å². The van der Waals surface area contributed by atoms with Crippen LogP contribution in [0, 0.1) is 5.92 Å². The van der Waals surface area contributed by atoms with Crippen LogP contribution < -0.4 is 5.32 Å². The number of hydrogen-bond donors (Lipinski definition) is 1. The molecule has 0 radical (unpaired) electrons. The highest BCUT2D eigenvalue weighted by Gasteiger charge is 2.16. The lowest BCUT2D eigenvalue weighted by molar-refractivity contribution is 0.251. The van der Waals surface area contributed by atoms with E-state index in [-0.39, 0.29) is 0 Å². The minimum atomic E-state index is 0.728. The van der Waals surface area contributed by atoms with E-state index >= 15 is 0 Å². The fourth-order valence-electron chi connectivity index (χ4n) is 2.26. The van der Waals surface area contributed by atoms with E-state index < -0.39 is 0 Å². The van der Waals surface area contributed by atoms with Crippen molar-refractivity contribution < 1.29 is 0 Å². The number of nitrogens with one attached hydrogen (secondary N) is 1. The van der Waals surface area contributed by atoms with Crippen LogP contribution in [-0.2, 0) is 0 Å². The molecule has 90 valence electrons. The molecule has 0 amide bonds. The molecule has 0 aromatic rings. The summed E-state index contributed by atoms with van der Waals surface area (Å²) in [5.74, 6) is 0.850. The first-order valence-electron chi connectivity index (χ1n) is 6.65. The second-order valence-electron chi connectivity index (χ2n) is 5.33. The van der Waals surface area contributed by atoms with Crippen LogP contribution in [0.5, 0.6) is 0 Å². The van der Waals surface area contributed by atoms with Crippen molar-refractivity contribution in [2.75, 3.05) is 26.2 Å². The number of likely N-dealkylation sites (tertiary alicyclic amines) is 1. The van der Waals surface area contributed by atoms with Crippen molar-refractivity contribution in [3.8, 4) is 0 Å². The summed E-state index contributed by atoms with van der Waals surface area (Å²) in [4.78, 5) is 2.61. The molecule has 1 fully saturated rings. The fourth-order valence-corrected chi connectivity index (χ4v) is 2.26. The minimum absolute atomic E-state index is 0.728. The Morgan fingerprint density at radius 3 is 2.40 bits per heavy atom. The molecule has 1 rings (SSSR count). The van der Waals surface area contributed by atoms with E-state index in [1.807, 2.05) is 0 Å². The van der Waals surface area contributed by atoms with Crippen molar-refractivity contribution in [1.29, 1.82) is 0 Å². The molecule has 0 aliphatic carbocycles. The summed E-state index contributed by atoms with van der Waals surface area (Å²) in [5.41, 5.74) is 0. The van der Waals surface area contributed by atoms with E-state index in [0.717, 1.165) is 18.5 Å². The standard InChI is InChI=1S/C13H28N2/c1-12(2)7-6-8-14-11-13(3)15-9-4-5-10-15/h12-14H,4-11H2,1-3H3. The van der Waals surface area contributed by atoms with Gasteiger partial charge in [0.2, 0.25) is 0 Å². The van der Waals surface area contributed by atoms with E-state index in [9.17, 15) is 0 Å². The van der Waals surface area contributed by atoms with Crippen molar-refractivity contribution in [1.82, 2.24) is 10.2 Å². The van der Waals surface area contributed by atoms with E-state index in [2.05, 4.69) is 31.0 Å². The average molecular weight is 212 g/mol. The molecule has 2 heteroatoms. The molecule has 1 atom stereocenters. The Bertz CT molecular complexity index is 151. The number of nitrogens with zero attached hydrogens (tertiary/aromatic N) is 1. The van der Waals surface area contributed by atoms with Gasteiger partial charge in [0.1, 0.15) is 0 Å². The van der Waals surface area contributed by atoms with E-state index in [0.29, 0.717) is 0 Å². The molecular weight excluding hydrogens is 184 g/mol. The monoisotopic (exact) mass is 212 g/mol. The van der Waals surface area contributed by atoms with Gasteiger partial charge in [-0.05, 0) is 58.2 Å². The first-order valence-corrected chi connectivity index (χ1v) is 6.65. The predicted molar refractivity (Wildman–Crippen MR) is 67.2 cm³/mol. The van der Waals surface area contributed by atoms with Crippen molar-refractivity contribution in [3.63, 3.8) is 0 Å². The van der Waals surface area contributed by atoms with Gasteiger partial charge >= 0.3 is 0 Å². The summed E-state index contributed by atoms with van der Waals surface area (Å²) in [6, 6.07) is 0.728. The van der Waals surface area contributed by atoms with Gasteiger partial charge in [-0.25, -0.2) is 0 Å². The highest BCUT2D eigenvalue weighted by atomic mass is 15.2. The van der Waals surface area contributed by atoms with Crippen LogP contribution in [0.15, 0.2) is 0 Å². The lowest BCUT2D eigenvalue weighted by Gasteiger charge is -2.24. The molecule has 1 heterocycles. The van der Waals surface area contributed by atoms with Crippen molar-refractivity contribution >= 4 is 0 Å². The first kappa shape index (κ1) is 13.0. The molecule has 0 saturated carbocycles. The lowest BCUT2D eigenvalue weighted by Crippen LogP contribution is -2.38. The zero-order chi connectivity index (χ0) is 11.1. The van der Waals surface area contributed by atoms with Crippen LogP contribution in [0.25, 0.3) is 0 Å². The normalized spacial score (nSPS) is 20.0. The van der Waals surface area contributed by atoms with Gasteiger partial charge in [-0.1, -0.05) is 13.8 Å². The second kappa shape index (κ2) is 7.24. The van der Waals surface area contributed by atoms with Crippen LogP contribution in [0.4, 0.5) is 0 Å². The van der Waals surface area contributed by atoms with E-state index in [4.69, 9.17) is 0 Å². The Balaban J connectivity index is 1.94. The van der Waals surface area contributed by atoms with Gasteiger partial charge in [0, 0.05) is 12.6 Å². The Morgan fingerprint density at radius 1 is 1.13 bits per heavy atom. The quantitative estimate of drug-likeness (QED) is 0.652. The lowest BCUT2D eigenvalue weighted by atomic mass is 10.1. The van der Waals surface area contributed by atoms with E-state index in [1.165, 1.54) is 45.3 Å². The van der Waals surface area contributed by atoms with Crippen LogP contribution in [0.2, 0.25) is 0 Å². The van der Waals surface area contributed by atoms with Gasteiger partial charge in [0.15, 0.2) is 0 Å². The highest BCUT2D eigenvalue weighted by molar-refractivity contribution is 4.74. The summed E-state index contributed by atoms with van der Waals surface area (Å²) < 4.78 is 0. The van der Waals surface area contributed by atoms with Crippen LogP contribution in [0.3, 0.4) is 0 Å². The van der Waals surface area contributed by atoms with Gasteiger partial charge in [-0.3, -0.25) is 4.90 Å². The molecular formula is C13H28N2. The summed E-state index contributed by atoms with van der Waals surface area (Å²) in [7, 11) is 0. The molecule has 1 aliphatic heterocycles. The molecule has 15 heavy (non-hydrogen) atoms. The van der Waals surface area contributed by atoms with Gasteiger partial charge in [-0.15, -0.1) is 0 Å². The zero-order valence-electron chi connectivity index (χ0n) is 10.8. The Labute approximate surface area is 95.4 Å². The number of hydrogen-bond acceptors (Lipinski definition) is 2. The van der Waals surface area contributed by atoms with Crippen LogP contribution in [0.1, 0.15) is 46.5 Å². The molecule has 0 aromatic carbocycles. The summed E-state index contributed by atoms with van der Waals surface area (Å²) in [6.45, 7) is 11.9. The molecule has 1 aliphatic rings. The molecule has 1 N–H and O–H groups in total. The number of rotatable bonds is 7.